The topological polar surface area (TPSA) is 78.9 Å². The summed E-state index contributed by atoms with van der Waals surface area (Å²) in [5, 5.41) is 12.0. The first-order valence-electron chi connectivity index (χ1n) is 6.29. The highest BCUT2D eigenvalue weighted by atomic mass is 16.5. The monoisotopic (exact) mass is 258 g/mol. The maximum absolute atomic E-state index is 12.3. The predicted molar refractivity (Wildman–Crippen MR) is 66.3 cm³/mol. The minimum Gasteiger partial charge on any atom is -0.480 e. The average molecular weight is 258 g/mol. The van der Waals surface area contributed by atoms with Crippen LogP contribution in [-0.2, 0) is 14.3 Å². The first-order chi connectivity index (χ1) is 8.56. The molecule has 2 N–H and O–H groups in total. The van der Waals surface area contributed by atoms with Crippen molar-refractivity contribution in [3.63, 3.8) is 0 Å². The van der Waals surface area contributed by atoms with E-state index in [4.69, 9.17) is 9.84 Å². The van der Waals surface area contributed by atoms with Crippen molar-refractivity contribution < 1.29 is 19.4 Å². The van der Waals surface area contributed by atoms with E-state index in [1.54, 1.807) is 0 Å². The van der Waals surface area contributed by atoms with Gasteiger partial charge in [0.25, 0.3) is 0 Å². The summed E-state index contributed by atoms with van der Waals surface area (Å²) in [4.78, 5) is 24.4. The lowest BCUT2D eigenvalue weighted by atomic mass is 9.92. The summed E-state index contributed by atoms with van der Waals surface area (Å²) in [6.07, 6.45) is 2.05. The minimum atomic E-state index is -0.997. The lowest BCUT2D eigenvalue weighted by Gasteiger charge is -2.33. The van der Waals surface area contributed by atoms with Crippen molar-refractivity contribution in [2.75, 3.05) is 33.4 Å². The lowest BCUT2D eigenvalue weighted by Crippen LogP contribution is -2.53. The van der Waals surface area contributed by atoms with Crippen LogP contribution in [0.2, 0.25) is 0 Å². The molecule has 0 aliphatic carbocycles. The Bertz CT molecular complexity index is 296. The third-order valence-electron chi connectivity index (χ3n) is 3.24. The number of methoxy groups -OCH3 is 1. The minimum absolute atomic E-state index is 0.137. The van der Waals surface area contributed by atoms with E-state index in [1.165, 1.54) is 12.0 Å². The zero-order valence-electron chi connectivity index (χ0n) is 11.0. The van der Waals surface area contributed by atoms with Crippen LogP contribution in [0.15, 0.2) is 0 Å². The summed E-state index contributed by atoms with van der Waals surface area (Å²) < 4.78 is 4.91. The fourth-order valence-corrected chi connectivity index (χ4v) is 2.21. The Morgan fingerprint density at radius 3 is 2.78 bits per heavy atom. The zero-order valence-corrected chi connectivity index (χ0v) is 11.0. The Morgan fingerprint density at radius 1 is 1.50 bits per heavy atom. The number of carbonyl (C=O) groups excluding carboxylic acids is 1. The number of nitrogens with zero attached hydrogens (tertiary/aromatic N) is 1. The molecule has 1 fully saturated rings. The Morgan fingerprint density at radius 2 is 2.22 bits per heavy atom. The number of carbonyl (C=O) groups is 2. The number of carboxylic acids is 1. The van der Waals surface area contributed by atoms with Crippen LogP contribution in [0, 0.1) is 5.92 Å². The van der Waals surface area contributed by atoms with Crippen LogP contribution in [0.3, 0.4) is 0 Å². The third-order valence-corrected chi connectivity index (χ3v) is 3.24. The second-order valence-corrected chi connectivity index (χ2v) is 4.70. The van der Waals surface area contributed by atoms with Gasteiger partial charge in [-0.25, -0.2) is 0 Å². The molecule has 18 heavy (non-hydrogen) atoms. The molecule has 0 spiro atoms. The molecule has 1 amide bonds. The highest BCUT2D eigenvalue weighted by Crippen LogP contribution is 2.17. The summed E-state index contributed by atoms with van der Waals surface area (Å²) >= 11 is 0. The fourth-order valence-electron chi connectivity index (χ4n) is 2.21. The van der Waals surface area contributed by atoms with Gasteiger partial charge in [0.2, 0.25) is 5.91 Å². The second-order valence-electron chi connectivity index (χ2n) is 4.70. The SMILES string of the molecule is COCCN(CC(=O)O)C(=O)C1NCCCC1C. The first-order valence-corrected chi connectivity index (χ1v) is 6.29. The van der Waals surface area contributed by atoms with Crippen LogP contribution in [0.4, 0.5) is 0 Å². The molecule has 0 radical (unpaired) electrons. The van der Waals surface area contributed by atoms with Crippen molar-refractivity contribution in [3.8, 4) is 0 Å². The quantitative estimate of drug-likeness (QED) is 0.697. The van der Waals surface area contributed by atoms with E-state index in [0.29, 0.717) is 13.2 Å². The van der Waals surface area contributed by atoms with Crippen molar-refractivity contribution >= 4 is 11.9 Å². The van der Waals surface area contributed by atoms with E-state index in [-0.39, 0.29) is 24.4 Å². The van der Waals surface area contributed by atoms with E-state index >= 15 is 0 Å². The molecule has 0 aromatic heterocycles. The van der Waals surface area contributed by atoms with Crippen LogP contribution < -0.4 is 5.32 Å². The molecule has 104 valence electrons. The number of carboxylic acid groups (broad SMARTS) is 1. The molecule has 6 nitrogen and oxygen atoms in total. The van der Waals surface area contributed by atoms with Gasteiger partial charge in [-0.15, -0.1) is 0 Å². The summed E-state index contributed by atoms with van der Waals surface area (Å²) in [7, 11) is 1.53. The molecule has 1 saturated heterocycles. The number of ether oxygens (including phenoxy) is 1. The van der Waals surface area contributed by atoms with Crippen LogP contribution in [0.5, 0.6) is 0 Å². The second kappa shape index (κ2) is 7.33. The first kappa shape index (κ1) is 14.9. The number of hydrogen-bond acceptors (Lipinski definition) is 4. The molecule has 1 aliphatic heterocycles. The van der Waals surface area contributed by atoms with Gasteiger partial charge in [0.05, 0.1) is 12.6 Å². The Hall–Kier alpha value is -1.14. The number of amides is 1. The molecule has 2 unspecified atom stereocenters. The van der Waals surface area contributed by atoms with E-state index in [0.717, 1.165) is 19.4 Å². The summed E-state index contributed by atoms with van der Waals surface area (Å²) in [6, 6.07) is -0.269. The highest BCUT2D eigenvalue weighted by Gasteiger charge is 2.31. The van der Waals surface area contributed by atoms with Gasteiger partial charge in [-0.3, -0.25) is 9.59 Å². The largest absolute Gasteiger partial charge is 0.480 e. The highest BCUT2D eigenvalue weighted by molar-refractivity contribution is 5.85. The van der Waals surface area contributed by atoms with Crippen molar-refractivity contribution in [3.05, 3.63) is 0 Å². The van der Waals surface area contributed by atoms with E-state index in [2.05, 4.69) is 5.32 Å². The number of aliphatic carboxylic acids is 1. The fraction of sp³-hybridized carbons (Fsp3) is 0.833. The number of rotatable bonds is 6. The Balaban J connectivity index is 2.63. The normalized spacial score (nSPS) is 23.7. The molecule has 6 heteroatoms. The maximum atomic E-state index is 12.3. The Labute approximate surface area is 107 Å². The Kier molecular flexibility index (Phi) is 6.07. The lowest BCUT2D eigenvalue weighted by molar-refractivity contribution is -0.146. The van der Waals surface area contributed by atoms with Crippen molar-refractivity contribution in [1.29, 1.82) is 0 Å². The molecule has 0 bridgehead atoms. The van der Waals surface area contributed by atoms with Crippen LogP contribution in [0.1, 0.15) is 19.8 Å². The van der Waals surface area contributed by atoms with Gasteiger partial charge in [-0.2, -0.15) is 0 Å². The molecular formula is C12H22N2O4. The molecule has 0 aromatic carbocycles. The van der Waals surface area contributed by atoms with Gasteiger partial charge in [0, 0.05) is 13.7 Å². The van der Waals surface area contributed by atoms with Crippen molar-refractivity contribution in [1.82, 2.24) is 10.2 Å². The molecule has 1 heterocycles. The summed E-state index contributed by atoms with van der Waals surface area (Å²) in [6.45, 7) is 3.22. The third kappa shape index (κ3) is 4.27. The van der Waals surface area contributed by atoms with Crippen LogP contribution in [0.25, 0.3) is 0 Å². The predicted octanol–water partition coefficient (Wildman–Crippen LogP) is -0.0659. The van der Waals surface area contributed by atoms with Crippen molar-refractivity contribution in [2.45, 2.75) is 25.8 Å². The molecule has 0 aromatic rings. The van der Waals surface area contributed by atoms with E-state index in [9.17, 15) is 9.59 Å². The molecule has 1 aliphatic rings. The van der Waals surface area contributed by atoms with Crippen LogP contribution >= 0.6 is 0 Å². The number of piperidine rings is 1. The van der Waals surface area contributed by atoms with Gasteiger partial charge in [0.15, 0.2) is 0 Å². The number of nitrogens with one attached hydrogen (secondary N) is 1. The van der Waals surface area contributed by atoms with Gasteiger partial charge in [-0.1, -0.05) is 6.92 Å². The van der Waals surface area contributed by atoms with Crippen LogP contribution in [-0.4, -0.2) is 61.3 Å². The van der Waals surface area contributed by atoms with Crippen molar-refractivity contribution in [2.24, 2.45) is 5.92 Å². The van der Waals surface area contributed by atoms with E-state index in [1.807, 2.05) is 6.92 Å². The van der Waals surface area contributed by atoms with E-state index < -0.39 is 5.97 Å². The molecular weight excluding hydrogens is 236 g/mol. The summed E-state index contributed by atoms with van der Waals surface area (Å²) in [5.74, 6) is -0.894. The molecule has 1 rings (SSSR count). The van der Waals surface area contributed by atoms with Gasteiger partial charge < -0.3 is 20.1 Å². The van der Waals surface area contributed by atoms with Gasteiger partial charge in [-0.05, 0) is 25.3 Å². The standard InChI is InChI=1S/C12H22N2O4/c1-9-4-3-5-13-11(9)12(17)14(6-7-18-2)8-10(15)16/h9,11,13H,3-8H2,1-2H3,(H,15,16). The van der Waals surface area contributed by atoms with Gasteiger partial charge in [0.1, 0.15) is 6.54 Å². The van der Waals surface area contributed by atoms with Gasteiger partial charge >= 0.3 is 5.97 Å². The summed E-state index contributed by atoms with van der Waals surface area (Å²) in [5.41, 5.74) is 0. The smallest absolute Gasteiger partial charge is 0.323 e. The molecule has 0 saturated carbocycles. The zero-order chi connectivity index (χ0) is 13.5. The average Bonchev–Trinajstić information content (AvgIpc) is 2.34. The molecule has 2 atom stereocenters. The number of hydrogen-bond donors (Lipinski definition) is 2. The maximum Gasteiger partial charge on any atom is 0.323 e.